The number of hydrogen-bond acceptors (Lipinski definition) is 17. The summed E-state index contributed by atoms with van der Waals surface area (Å²) in [6.45, 7) is 15.1. The number of nitrogens with zero attached hydrogens (tertiary/aromatic N) is 3. The summed E-state index contributed by atoms with van der Waals surface area (Å²) in [5, 5.41) is 55.4. The second-order valence-electron chi connectivity index (χ2n) is 24.6. The van der Waals surface area contributed by atoms with Crippen molar-refractivity contribution in [1.29, 1.82) is 15.8 Å². The summed E-state index contributed by atoms with van der Waals surface area (Å²) in [5.41, 5.74) is 4.26. The average Bonchev–Trinajstić information content (AvgIpc) is 0.849. The minimum atomic E-state index is -0.717. The van der Waals surface area contributed by atoms with Crippen LogP contribution in [-0.2, 0) is 38.1 Å². The molecule has 0 radical (unpaired) electrons. The van der Waals surface area contributed by atoms with Crippen molar-refractivity contribution in [3.8, 4) is 35.5 Å². The molecule has 0 unspecified atom stereocenters. The molecule has 0 fully saturated rings. The van der Waals surface area contributed by atoms with Gasteiger partial charge in [0.05, 0.1) is 61.0 Å². The lowest BCUT2D eigenvalue weighted by molar-refractivity contribution is -0.150. The van der Waals surface area contributed by atoms with E-state index in [-0.39, 0.29) is 74.4 Å². The predicted octanol–water partition coefficient (Wildman–Crippen LogP) is 14.8. The third-order valence-corrected chi connectivity index (χ3v) is 14.6. The monoisotopic (exact) mass is 1310 g/mol. The van der Waals surface area contributed by atoms with Gasteiger partial charge in [-0.05, 0) is 83.1 Å². The van der Waals surface area contributed by atoms with Gasteiger partial charge in [0.1, 0.15) is 58.8 Å². The fourth-order valence-corrected chi connectivity index (χ4v) is 8.82. The van der Waals surface area contributed by atoms with E-state index >= 15 is 0 Å². The van der Waals surface area contributed by atoms with Gasteiger partial charge < -0.3 is 48.5 Å². The number of rotatable bonds is 31. The first-order valence-electron chi connectivity index (χ1n) is 32.1. The normalized spacial score (nSPS) is 11.7. The third kappa shape index (κ3) is 28.0. The molecule has 0 bridgehead atoms. The van der Waals surface area contributed by atoms with Crippen LogP contribution in [0.2, 0.25) is 0 Å². The maximum atomic E-state index is 13.1. The number of nitriles is 3. The first kappa shape index (κ1) is 80.4. The van der Waals surface area contributed by atoms with Crippen molar-refractivity contribution in [2.75, 3.05) is 67.6 Å². The van der Waals surface area contributed by atoms with Crippen molar-refractivity contribution in [2.45, 2.75) is 113 Å². The van der Waals surface area contributed by atoms with E-state index in [1.807, 2.05) is 147 Å². The minimum absolute atomic E-state index is 0.00668. The van der Waals surface area contributed by atoms with Crippen LogP contribution in [0, 0.1) is 50.2 Å². The third-order valence-electron chi connectivity index (χ3n) is 14.6. The van der Waals surface area contributed by atoms with Crippen LogP contribution in [0.3, 0.4) is 0 Å². The molecule has 0 aliphatic carbocycles. The summed E-state index contributed by atoms with van der Waals surface area (Å²) in [6, 6.07) is 55.4. The first-order valence-corrected chi connectivity index (χ1v) is 32.1. The van der Waals surface area contributed by atoms with E-state index < -0.39 is 28.7 Å². The zero-order valence-electron chi connectivity index (χ0n) is 57.6. The van der Waals surface area contributed by atoms with Crippen molar-refractivity contribution in [2.24, 2.45) is 16.2 Å². The number of esters is 4. The maximum absolute atomic E-state index is 13.1. The molecule has 0 heterocycles. The van der Waals surface area contributed by atoms with Crippen LogP contribution in [-0.4, -0.2) is 107 Å². The Kier molecular flexibility index (Phi) is 36.2. The number of aliphatic hydroxyl groups is 3. The van der Waals surface area contributed by atoms with Gasteiger partial charge in [0.25, 0.3) is 0 Å². The van der Waals surface area contributed by atoms with Gasteiger partial charge in [-0.15, -0.1) is 0 Å². The Balaban J connectivity index is 0.000000368. The molecule has 510 valence electrons. The van der Waals surface area contributed by atoms with Gasteiger partial charge in [0.2, 0.25) is 0 Å². The number of hydrogen-bond donors (Lipinski definition) is 3. The SMILES string of the molecule is CC(C)(CO)CO.CCCCCCCCCCC(=O)OCC(C)(C)COC(=O)/C(C#N)=C(\c1ccccc1)c1ccc(OC)cc1.CCOC(=O)/C(C#N)=C(\c1ccccc1)c1ccc(OC)cc1.COc1ccc(/C(=C(\C#N)C(=O)OCC(C)(C)CO)c2ccccc2)cc1. The molecule has 0 spiro atoms. The summed E-state index contributed by atoms with van der Waals surface area (Å²) in [6.07, 6.45) is 9.72. The number of aliphatic hydroxyl groups excluding tert-OH is 3. The lowest BCUT2D eigenvalue weighted by Gasteiger charge is -2.24. The molecule has 0 saturated heterocycles. The lowest BCUT2D eigenvalue weighted by atomic mass is 9.93. The Hall–Kier alpha value is -9.83. The highest BCUT2D eigenvalue weighted by Crippen LogP contribution is 2.33. The van der Waals surface area contributed by atoms with E-state index in [0.29, 0.717) is 51.5 Å². The van der Waals surface area contributed by atoms with Crippen LogP contribution >= 0.6 is 0 Å². The Morgan fingerprint density at radius 3 is 0.927 bits per heavy atom. The van der Waals surface area contributed by atoms with Gasteiger partial charge >= 0.3 is 23.9 Å². The molecule has 0 aliphatic rings. The second-order valence-corrected chi connectivity index (χ2v) is 24.6. The molecule has 6 aromatic carbocycles. The molecule has 17 heteroatoms. The fraction of sp³-hybridized carbons (Fsp3) is 0.380. The summed E-state index contributed by atoms with van der Waals surface area (Å²) in [7, 11) is 4.74. The van der Waals surface area contributed by atoms with E-state index in [0.717, 1.165) is 41.5 Å². The molecule has 6 aromatic rings. The maximum Gasteiger partial charge on any atom is 0.349 e. The van der Waals surface area contributed by atoms with Gasteiger partial charge in [-0.1, -0.05) is 221 Å². The molecule has 0 aliphatic heterocycles. The number of carbonyl (C=O) groups is 4. The minimum Gasteiger partial charge on any atom is -0.497 e. The number of benzene rings is 6. The first-order chi connectivity index (χ1) is 46.0. The molecule has 0 saturated carbocycles. The molecular weight excluding hydrogens is 1210 g/mol. The lowest BCUT2D eigenvalue weighted by Crippen LogP contribution is -2.29. The highest BCUT2D eigenvalue weighted by atomic mass is 16.6. The molecule has 0 amide bonds. The zero-order chi connectivity index (χ0) is 70.9. The van der Waals surface area contributed by atoms with Crippen molar-refractivity contribution in [3.05, 3.63) is 214 Å². The Morgan fingerprint density at radius 2 is 0.646 bits per heavy atom. The van der Waals surface area contributed by atoms with Crippen LogP contribution in [0.4, 0.5) is 0 Å². The highest BCUT2D eigenvalue weighted by molar-refractivity contribution is 6.07. The van der Waals surface area contributed by atoms with E-state index in [1.54, 1.807) is 104 Å². The highest BCUT2D eigenvalue weighted by Gasteiger charge is 2.28. The van der Waals surface area contributed by atoms with Crippen molar-refractivity contribution in [1.82, 2.24) is 0 Å². The Morgan fingerprint density at radius 1 is 0.365 bits per heavy atom. The molecule has 3 N–H and O–H groups in total. The van der Waals surface area contributed by atoms with Gasteiger partial charge in [0, 0.05) is 39.4 Å². The van der Waals surface area contributed by atoms with Crippen LogP contribution in [0.5, 0.6) is 17.2 Å². The number of methoxy groups -OCH3 is 3. The van der Waals surface area contributed by atoms with Crippen LogP contribution < -0.4 is 14.2 Å². The van der Waals surface area contributed by atoms with Crippen molar-refractivity contribution >= 4 is 40.6 Å². The van der Waals surface area contributed by atoms with Gasteiger partial charge in [0.15, 0.2) is 0 Å². The fourth-order valence-electron chi connectivity index (χ4n) is 8.82. The van der Waals surface area contributed by atoms with Gasteiger partial charge in [-0.25, -0.2) is 14.4 Å². The molecule has 0 aromatic heterocycles. The smallest absolute Gasteiger partial charge is 0.349 e. The predicted molar refractivity (Wildman–Crippen MR) is 373 cm³/mol. The number of ether oxygens (including phenoxy) is 7. The molecule has 0 atom stereocenters. The van der Waals surface area contributed by atoms with Crippen LogP contribution in [0.15, 0.2) is 181 Å². The molecular formula is C79H95N3O14. The molecule has 96 heavy (non-hydrogen) atoms. The second kappa shape index (κ2) is 43.2. The topological polar surface area (TPSA) is 265 Å². The van der Waals surface area contributed by atoms with Crippen molar-refractivity contribution < 1.29 is 67.7 Å². The van der Waals surface area contributed by atoms with Gasteiger partial charge in [-0.2, -0.15) is 15.8 Å². The average molecular weight is 1310 g/mol. The van der Waals surface area contributed by atoms with Crippen LogP contribution in [0.1, 0.15) is 147 Å². The summed E-state index contributed by atoms with van der Waals surface area (Å²) < 4.78 is 37.0. The largest absolute Gasteiger partial charge is 0.497 e. The van der Waals surface area contributed by atoms with E-state index in [4.69, 9.17) is 43.4 Å². The summed E-state index contributed by atoms with van der Waals surface area (Å²) >= 11 is 0. The van der Waals surface area contributed by atoms with E-state index in [2.05, 4.69) is 6.92 Å². The molecule has 17 nitrogen and oxygen atoms in total. The molecule has 6 rings (SSSR count). The summed E-state index contributed by atoms with van der Waals surface area (Å²) in [4.78, 5) is 50.1. The van der Waals surface area contributed by atoms with Crippen LogP contribution in [0.25, 0.3) is 16.7 Å². The number of unbranched alkanes of at least 4 members (excludes halogenated alkanes) is 7. The zero-order valence-corrected chi connectivity index (χ0v) is 57.6. The van der Waals surface area contributed by atoms with E-state index in [9.17, 15) is 40.1 Å². The van der Waals surface area contributed by atoms with Crippen molar-refractivity contribution in [3.63, 3.8) is 0 Å². The quantitative estimate of drug-likeness (QED) is 0.0120. The Labute approximate surface area is 567 Å². The standard InChI is InChI=1S/C33H43NO5.C22H23NO4.C19H17NO3.C5H12O2/c1-5-6-7-8-9-10-11-15-18-30(35)38-24-33(2,3)25-39-32(36)29(23-34)31(26-16-13-12-14-17-26)27-19-21-28(37-4)22-20-27;1-22(2,14-24)15-27-21(25)19(13-23)20(16-7-5-4-6-8-16)17-9-11-18(26-3)12-10-17;1-3-23-19(21)17(13-20)18(14-7-5-4-6-8-14)15-9-11-16(22-2)12-10-15;1-5(2,3-6)4-7/h12-14,16-17,19-22H,5-11,15,18,24-25H2,1-4H3;4-12,24H,14-15H2,1-3H3;4-12H,3H2,1-2H3;6-7H,3-4H2,1-2H3/b31-29+;20-19+;18-17+;. The van der Waals surface area contributed by atoms with E-state index in [1.165, 1.54) is 32.1 Å². The number of carbonyl (C=O) groups excluding carboxylic acids is 4. The summed E-state index contributed by atoms with van der Waals surface area (Å²) in [5.74, 6) is -0.230. The van der Waals surface area contributed by atoms with Gasteiger partial charge in [-0.3, -0.25) is 4.79 Å². The Bertz CT molecular complexity index is 3550.